The fraction of sp³-hybridized carbons (Fsp3) is 0.750. The highest BCUT2D eigenvalue weighted by Crippen LogP contribution is 2.11. The zero-order valence-electron chi connectivity index (χ0n) is 4.67. The molecule has 0 spiro atoms. The second-order valence-corrected chi connectivity index (χ2v) is 1.76. The fourth-order valence-electron chi connectivity index (χ4n) is 0.638. The minimum atomic E-state index is -2.57. The first kappa shape index (κ1) is 6.41. The van der Waals surface area contributed by atoms with Gasteiger partial charge in [-0.2, -0.15) is 13.9 Å². The van der Waals surface area contributed by atoms with Gasteiger partial charge in [0, 0.05) is 12.6 Å². The van der Waals surface area contributed by atoms with Gasteiger partial charge in [-0.3, -0.25) is 0 Å². The summed E-state index contributed by atoms with van der Waals surface area (Å²) in [6.45, 7) is -2.57. The van der Waals surface area contributed by atoms with Crippen LogP contribution in [0.15, 0.2) is 5.10 Å². The van der Waals surface area contributed by atoms with Crippen LogP contribution in [0.1, 0.15) is 6.42 Å². The van der Waals surface area contributed by atoms with Crippen molar-refractivity contribution in [2.24, 2.45) is 10.8 Å². The molecule has 2 N–H and O–H groups in total. The van der Waals surface area contributed by atoms with Gasteiger partial charge < -0.3 is 5.73 Å². The van der Waals surface area contributed by atoms with Crippen molar-refractivity contribution in [2.75, 3.05) is 0 Å². The Balaban J connectivity index is 2.49. The number of hydrazone groups is 1. The topological polar surface area (TPSA) is 41.6 Å². The first-order valence-corrected chi connectivity index (χ1v) is 2.56. The Hall–Kier alpha value is -0.710. The van der Waals surface area contributed by atoms with E-state index in [1.165, 1.54) is 6.21 Å². The van der Waals surface area contributed by atoms with E-state index < -0.39 is 12.7 Å². The van der Waals surface area contributed by atoms with Gasteiger partial charge in [-0.05, 0) is 0 Å². The van der Waals surface area contributed by atoms with Crippen LogP contribution in [0.25, 0.3) is 0 Å². The monoisotopic (exact) mass is 135 g/mol. The number of nitrogens with two attached hydrogens (primary N) is 1. The average Bonchev–Trinajstić information content (AvgIpc) is 2.13. The molecule has 1 heterocycles. The third-order valence-electron chi connectivity index (χ3n) is 1.10. The molecule has 9 heavy (non-hydrogen) atoms. The summed E-state index contributed by atoms with van der Waals surface area (Å²) in [6.07, 6.45) is 1.16. The van der Waals surface area contributed by atoms with Gasteiger partial charge in [-0.1, -0.05) is 0 Å². The van der Waals surface area contributed by atoms with Crippen LogP contribution in [0, 0.1) is 0 Å². The molecule has 3 nitrogen and oxygen atoms in total. The Morgan fingerprint density at radius 3 is 2.67 bits per heavy atom. The predicted octanol–water partition coefficient (Wildman–Crippen LogP) is 0.185. The third-order valence-corrected chi connectivity index (χ3v) is 1.10. The first-order valence-electron chi connectivity index (χ1n) is 2.56. The molecule has 1 aliphatic heterocycles. The number of alkyl halides is 2. The van der Waals surface area contributed by atoms with Crippen LogP contribution in [0.3, 0.4) is 0 Å². The Morgan fingerprint density at radius 2 is 2.44 bits per heavy atom. The summed E-state index contributed by atoms with van der Waals surface area (Å²) in [6, 6.07) is 0. The molecule has 0 aromatic heterocycles. The van der Waals surface area contributed by atoms with Crippen LogP contribution in [0.2, 0.25) is 0 Å². The summed E-state index contributed by atoms with van der Waals surface area (Å²) in [5, 5.41) is 3.93. The molecule has 0 amide bonds. The molecule has 1 rings (SSSR count). The Morgan fingerprint density at radius 1 is 1.78 bits per heavy atom. The third kappa shape index (κ3) is 1.16. The van der Waals surface area contributed by atoms with Gasteiger partial charge in [0.15, 0.2) is 0 Å². The molecule has 0 radical (unpaired) electrons. The molecule has 1 atom stereocenters. The van der Waals surface area contributed by atoms with Crippen molar-refractivity contribution in [1.29, 1.82) is 0 Å². The number of halogens is 2. The molecule has 0 bridgehead atoms. The summed E-state index contributed by atoms with van der Waals surface area (Å²) >= 11 is 0. The molecule has 52 valence electrons. The van der Waals surface area contributed by atoms with E-state index in [0.717, 1.165) is 0 Å². The summed E-state index contributed by atoms with van der Waals surface area (Å²) in [5.41, 5.74) is 5.20. The van der Waals surface area contributed by atoms with Crippen LogP contribution in [-0.2, 0) is 0 Å². The summed E-state index contributed by atoms with van der Waals surface area (Å²) in [7, 11) is 0. The zero-order valence-corrected chi connectivity index (χ0v) is 4.67. The Kier molecular flexibility index (Phi) is 1.61. The zero-order chi connectivity index (χ0) is 6.85. The first-order chi connectivity index (χ1) is 4.22. The molecular formula is C4H7F2N3. The Labute approximate surface area is 51.1 Å². The Bertz CT molecular complexity index is 125. The SMILES string of the molecule is NC1CC=NN1C(F)F. The summed E-state index contributed by atoms with van der Waals surface area (Å²) < 4.78 is 23.4. The van der Waals surface area contributed by atoms with Crippen LogP contribution in [-0.4, -0.2) is 23.9 Å². The molecule has 1 unspecified atom stereocenters. The second-order valence-electron chi connectivity index (χ2n) is 1.76. The van der Waals surface area contributed by atoms with Crippen molar-refractivity contribution in [3.05, 3.63) is 0 Å². The van der Waals surface area contributed by atoms with Crippen molar-refractivity contribution in [1.82, 2.24) is 5.01 Å². The van der Waals surface area contributed by atoms with E-state index in [4.69, 9.17) is 5.73 Å². The molecule has 0 saturated heterocycles. The lowest BCUT2D eigenvalue weighted by molar-refractivity contribution is -0.0424. The van der Waals surface area contributed by atoms with Gasteiger partial charge in [0.2, 0.25) is 0 Å². The van der Waals surface area contributed by atoms with Gasteiger partial charge in [-0.15, -0.1) is 0 Å². The van der Waals surface area contributed by atoms with E-state index in [9.17, 15) is 8.78 Å². The minimum Gasteiger partial charge on any atom is -0.310 e. The maximum absolute atomic E-state index is 11.7. The van der Waals surface area contributed by atoms with E-state index >= 15 is 0 Å². The van der Waals surface area contributed by atoms with Crippen molar-refractivity contribution in [2.45, 2.75) is 19.1 Å². The standard InChI is InChI=1S/C4H7F2N3/c5-4(6)9-3(7)1-2-8-9/h2-4H,1,7H2. The van der Waals surface area contributed by atoms with Crippen molar-refractivity contribution in [3.8, 4) is 0 Å². The maximum Gasteiger partial charge on any atom is 0.330 e. The molecule has 5 heteroatoms. The smallest absolute Gasteiger partial charge is 0.310 e. The van der Waals surface area contributed by atoms with Crippen LogP contribution in [0.5, 0.6) is 0 Å². The average molecular weight is 135 g/mol. The number of rotatable bonds is 1. The van der Waals surface area contributed by atoms with Crippen LogP contribution >= 0.6 is 0 Å². The molecule has 1 aliphatic rings. The molecule has 0 aromatic rings. The van der Waals surface area contributed by atoms with Gasteiger partial charge in [0.1, 0.15) is 6.17 Å². The molecular weight excluding hydrogens is 128 g/mol. The largest absolute Gasteiger partial charge is 0.330 e. The summed E-state index contributed by atoms with van der Waals surface area (Å²) in [4.78, 5) is 0. The normalized spacial score (nSPS) is 26.2. The van der Waals surface area contributed by atoms with Gasteiger partial charge >= 0.3 is 6.55 Å². The molecule has 0 aliphatic carbocycles. The fourth-order valence-corrected chi connectivity index (χ4v) is 0.638. The number of hydrogen-bond acceptors (Lipinski definition) is 3. The molecule has 0 saturated carbocycles. The van der Waals surface area contributed by atoms with E-state index in [-0.39, 0.29) is 0 Å². The van der Waals surface area contributed by atoms with Gasteiger partial charge in [-0.25, -0.2) is 5.01 Å². The quantitative estimate of drug-likeness (QED) is 0.521. The highest BCUT2D eigenvalue weighted by molar-refractivity contribution is 5.59. The van der Waals surface area contributed by atoms with Crippen molar-refractivity contribution >= 4 is 6.21 Å². The minimum absolute atomic E-state index is 0.407. The van der Waals surface area contributed by atoms with Gasteiger partial charge in [0.05, 0.1) is 0 Å². The lowest BCUT2D eigenvalue weighted by atomic mass is 10.4. The number of hydrogen-bond donors (Lipinski definition) is 1. The van der Waals surface area contributed by atoms with E-state index in [1.807, 2.05) is 0 Å². The highest BCUT2D eigenvalue weighted by atomic mass is 19.3. The van der Waals surface area contributed by atoms with Gasteiger partial charge in [0.25, 0.3) is 0 Å². The van der Waals surface area contributed by atoms with E-state index in [0.29, 0.717) is 11.4 Å². The van der Waals surface area contributed by atoms with Crippen LogP contribution < -0.4 is 5.73 Å². The van der Waals surface area contributed by atoms with E-state index in [1.54, 1.807) is 0 Å². The lowest BCUT2D eigenvalue weighted by Gasteiger charge is -2.17. The maximum atomic E-state index is 11.7. The highest BCUT2D eigenvalue weighted by Gasteiger charge is 2.23. The van der Waals surface area contributed by atoms with Crippen molar-refractivity contribution in [3.63, 3.8) is 0 Å². The van der Waals surface area contributed by atoms with Crippen molar-refractivity contribution < 1.29 is 8.78 Å². The molecule has 0 aromatic carbocycles. The summed E-state index contributed by atoms with van der Waals surface area (Å²) in [5.74, 6) is 0. The predicted molar refractivity (Wildman–Crippen MR) is 28.9 cm³/mol. The number of nitrogens with zero attached hydrogens (tertiary/aromatic N) is 2. The second kappa shape index (κ2) is 2.26. The van der Waals surface area contributed by atoms with E-state index in [2.05, 4.69) is 5.10 Å². The van der Waals surface area contributed by atoms with Crippen LogP contribution in [0.4, 0.5) is 8.78 Å². The molecule has 0 fully saturated rings. The lowest BCUT2D eigenvalue weighted by Crippen LogP contribution is -2.37.